The van der Waals surface area contributed by atoms with Gasteiger partial charge in [0, 0.05) is 48.5 Å². The van der Waals surface area contributed by atoms with Gasteiger partial charge in [0.25, 0.3) is 0 Å². The molecule has 0 spiro atoms. The highest BCUT2D eigenvalue weighted by molar-refractivity contribution is 5.96. The molecule has 1 N–H and O–H groups in total. The van der Waals surface area contributed by atoms with Crippen molar-refractivity contribution in [2.24, 2.45) is 0 Å². The van der Waals surface area contributed by atoms with Gasteiger partial charge in [0.05, 0.1) is 13.2 Å². The lowest BCUT2D eigenvalue weighted by atomic mass is 9.99. The molecule has 2 aromatic carbocycles. The first kappa shape index (κ1) is 18.6. The highest BCUT2D eigenvalue weighted by Crippen LogP contribution is 2.33. The molecule has 1 fully saturated rings. The fourth-order valence-electron chi connectivity index (χ4n) is 4.64. The van der Waals surface area contributed by atoms with Gasteiger partial charge in [0.2, 0.25) is 0 Å². The number of hydrogen-bond acceptors (Lipinski definition) is 3. The van der Waals surface area contributed by atoms with Crippen molar-refractivity contribution < 1.29 is 4.74 Å². The molecule has 0 saturated carbocycles. The van der Waals surface area contributed by atoms with Gasteiger partial charge in [-0.25, -0.2) is 4.98 Å². The van der Waals surface area contributed by atoms with E-state index in [9.17, 15) is 0 Å². The van der Waals surface area contributed by atoms with E-state index in [2.05, 4.69) is 76.8 Å². The van der Waals surface area contributed by atoms with Crippen LogP contribution in [-0.2, 0) is 17.7 Å². The van der Waals surface area contributed by atoms with Gasteiger partial charge in [-0.05, 0) is 46.4 Å². The highest BCUT2D eigenvalue weighted by atomic mass is 16.5. The third kappa shape index (κ3) is 3.58. The number of nitrogens with zero attached hydrogens (tertiary/aromatic N) is 2. The number of benzene rings is 2. The lowest BCUT2D eigenvalue weighted by Gasteiger charge is -2.26. The molecule has 6 rings (SSSR count). The van der Waals surface area contributed by atoms with Crippen molar-refractivity contribution in [1.29, 1.82) is 0 Å². The van der Waals surface area contributed by atoms with Gasteiger partial charge in [-0.2, -0.15) is 0 Å². The minimum atomic E-state index is 0.837. The molecule has 3 heterocycles. The highest BCUT2D eigenvalue weighted by Gasteiger charge is 2.13. The van der Waals surface area contributed by atoms with E-state index in [1.807, 2.05) is 6.20 Å². The Balaban J connectivity index is 1.30. The molecule has 2 aliphatic rings. The normalized spacial score (nSPS) is 16.1. The van der Waals surface area contributed by atoms with Crippen LogP contribution >= 0.6 is 0 Å². The number of aromatic nitrogens is 2. The first-order valence-electron chi connectivity index (χ1n) is 11.0. The summed E-state index contributed by atoms with van der Waals surface area (Å²) in [6, 6.07) is 17.9. The second-order valence-electron chi connectivity index (χ2n) is 8.43. The lowest BCUT2D eigenvalue weighted by molar-refractivity contribution is 0.0342. The van der Waals surface area contributed by atoms with Crippen molar-refractivity contribution in [3.8, 4) is 22.3 Å². The number of pyridine rings is 1. The predicted octanol–water partition coefficient (Wildman–Crippen LogP) is 5.30. The van der Waals surface area contributed by atoms with E-state index < -0.39 is 0 Å². The average Bonchev–Trinajstić information content (AvgIpc) is 3.46. The summed E-state index contributed by atoms with van der Waals surface area (Å²) in [7, 11) is 0. The quantitative estimate of drug-likeness (QED) is 0.499. The summed E-state index contributed by atoms with van der Waals surface area (Å²) >= 11 is 0. The molecule has 4 heteroatoms. The van der Waals surface area contributed by atoms with Crippen molar-refractivity contribution in [1.82, 2.24) is 14.9 Å². The third-order valence-corrected chi connectivity index (χ3v) is 6.42. The number of aromatic amines is 1. The SMILES string of the molecule is C1=Cc2cc(-c3c[nH]c4ncc(-c5ccc(CN6CCOCC6)cc5)cc34)ccc2C1. The zero-order valence-corrected chi connectivity index (χ0v) is 17.5. The van der Waals surface area contributed by atoms with E-state index in [0.717, 1.165) is 55.9 Å². The summed E-state index contributed by atoms with van der Waals surface area (Å²) in [5, 5.41) is 1.16. The summed E-state index contributed by atoms with van der Waals surface area (Å²) < 4.78 is 5.45. The monoisotopic (exact) mass is 407 g/mol. The van der Waals surface area contributed by atoms with Crippen LogP contribution in [0.25, 0.3) is 39.4 Å². The Labute approximate surface area is 182 Å². The average molecular weight is 408 g/mol. The van der Waals surface area contributed by atoms with Gasteiger partial charge >= 0.3 is 0 Å². The first-order valence-corrected chi connectivity index (χ1v) is 11.0. The van der Waals surface area contributed by atoms with E-state index >= 15 is 0 Å². The van der Waals surface area contributed by atoms with Gasteiger partial charge in [0.1, 0.15) is 5.65 Å². The van der Waals surface area contributed by atoms with Gasteiger partial charge in [-0.3, -0.25) is 4.90 Å². The molecule has 2 aromatic heterocycles. The number of hydrogen-bond donors (Lipinski definition) is 1. The molecular weight excluding hydrogens is 382 g/mol. The Morgan fingerprint density at radius 1 is 0.935 bits per heavy atom. The first-order chi connectivity index (χ1) is 15.3. The summed E-state index contributed by atoms with van der Waals surface area (Å²) in [5.41, 5.74) is 9.78. The summed E-state index contributed by atoms with van der Waals surface area (Å²) in [6.07, 6.45) is 9.52. The van der Waals surface area contributed by atoms with Crippen LogP contribution in [0.15, 0.2) is 67.0 Å². The zero-order chi connectivity index (χ0) is 20.6. The van der Waals surface area contributed by atoms with Crippen molar-refractivity contribution in [3.63, 3.8) is 0 Å². The topological polar surface area (TPSA) is 41.2 Å². The second-order valence-corrected chi connectivity index (χ2v) is 8.43. The van der Waals surface area contributed by atoms with Crippen molar-refractivity contribution in [3.05, 3.63) is 83.7 Å². The van der Waals surface area contributed by atoms with Crippen molar-refractivity contribution >= 4 is 17.1 Å². The molecule has 4 nitrogen and oxygen atoms in total. The molecule has 0 atom stereocenters. The van der Waals surface area contributed by atoms with Crippen LogP contribution in [0.1, 0.15) is 16.7 Å². The fourth-order valence-corrected chi connectivity index (χ4v) is 4.64. The van der Waals surface area contributed by atoms with Crippen LogP contribution in [0.2, 0.25) is 0 Å². The Bertz CT molecular complexity index is 1260. The van der Waals surface area contributed by atoms with E-state index in [4.69, 9.17) is 9.72 Å². The van der Waals surface area contributed by atoms with Crippen LogP contribution in [0.3, 0.4) is 0 Å². The Morgan fingerprint density at radius 2 is 1.77 bits per heavy atom. The number of H-pyrrole nitrogens is 1. The third-order valence-electron chi connectivity index (χ3n) is 6.42. The molecule has 1 aliphatic heterocycles. The number of ether oxygens (including phenoxy) is 1. The largest absolute Gasteiger partial charge is 0.379 e. The summed E-state index contributed by atoms with van der Waals surface area (Å²) in [6.45, 7) is 4.68. The van der Waals surface area contributed by atoms with Gasteiger partial charge in [0.15, 0.2) is 0 Å². The number of allylic oxidation sites excluding steroid dienone is 1. The number of rotatable bonds is 4. The van der Waals surface area contributed by atoms with Crippen LogP contribution in [0.4, 0.5) is 0 Å². The Hall–Kier alpha value is -3.21. The van der Waals surface area contributed by atoms with Crippen LogP contribution in [0.5, 0.6) is 0 Å². The second kappa shape index (κ2) is 7.80. The van der Waals surface area contributed by atoms with E-state index in [-0.39, 0.29) is 0 Å². The summed E-state index contributed by atoms with van der Waals surface area (Å²) in [4.78, 5) is 10.5. The molecule has 0 amide bonds. The van der Waals surface area contributed by atoms with Crippen LogP contribution < -0.4 is 0 Å². The van der Waals surface area contributed by atoms with E-state index in [1.54, 1.807) is 0 Å². The maximum Gasteiger partial charge on any atom is 0.137 e. The molecule has 1 aliphatic carbocycles. The number of nitrogens with one attached hydrogen (secondary N) is 1. The van der Waals surface area contributed by atoms with Gasteiger partial charge < -0.3 is 9.72 Å². The smallest absolute Gasteiger partial charge is 0.137 e. The predicted molar refractivity (Wildman–Crippen MR) is 126 cm³/mol. The van der Waals surface area contributed by atoms with Gasteiger partial charge in [-0.15, -0.1) is 0 Å². The van der Waals surface area contributed by atoms with E-state index in [1.165, 1.54) is 33.4 Å². The van der Waals surface area contributed by atoms with Crippen molar-refractivity contribution in [2.45, 2.75) is 13.0 Å². The molecule has 31 heavy (non-hydrogen) atoms. The lowest BCUT2D eigenvalue weighted by Crippen LogP contribution is -2.35. The maximum absolute atomic E-state index is 5.45. The number of morpholine rings is 1. The Morgan fingerprint density at radius 3 is 2.65 bits per heavy atom. The summed E-state index contributed by atoms with van der Waals surface area (Å²) in [5.74, 6) is 0. The van der Waals surface area contributed by atoms with Gasteiger partial charge in [-0.1, -0.05) is 48.6 Å². The van der Waals surface area contributed by atoms with Crippen LogP contribution in [-0.4, -0.2) is 41.2 Å². The Kier molecular flexibility index (Phi) is 4.67. The van der Waals surface area contributed by atoms with E-state index in [0.29, 0.717) is 0 Å². The molecule has 0 radical (unpaired) electrons. The van der Waals surface area contributed by atoms with Crippen LogP contribution in [0, 0.1) is 0 Å². The molecule has 0 unspecified atom stereocenters. The maximum atomic E-state index is 5.45. The molecule has 0 bridgehead atoms. The number of fused-ring (bicyclic) bond motifs is 2. The molecule has 1 saturated heterocycles. The zero-order valence-electron chi connectivity index (χ0n) is 17.5. The molecular formula is C27H25N3O. The fraction of sp³-hybridized carbons (Fsp3) is 0.222. The molecule has 154 valence electrons. The minimum Gasteiger partial charge on any atom is -0.379 e. The molecule has 4 aromatic rings. The van der Waals surface area contributed by atoms with Crippen molar-refractivity contribution in [2.75, 3.05) is 26.3 Å². The minimum absolute atomic E-state index is 0.837. The standard InChI is InChI=1S/C27H25N3O/c1-2-20-8-9-23(14-22(20)3-1)26-17-29-27-25(26)15-24(16-28-27)21-6-4-19(5-7-21)18-30-10-12-31-13-11-30/h1,3-9,14-17H,2,10-13,18H2,(H,28,29).